The lowest BCUT2D eigenvalue weighted by Gasteiger charge is -2.02. The second-order valence-electron chi connectivity index (χ2n) is 4.24. The Morgan fingerprint density at radius 1 is 1.44 bits per heavy atom. The van der Waals surface area contributed by atoms with E-state index in [1.165, 1.54) is 12.1 Å². The first-order chi connectivity index (χ1) is 8.49. The molecule has 0 radical (unpaired) electrons. The Bertz CT molecular complexity index is 593. The van der Waals surface area contributed by atoms with Crippen LogP contribution in [0.15, 0.2) is 30.5 Å². The highest BCUT2D eigenvalue weighted by molar-refractivity contribution is 6.31. The Morgan fingerprint density at radius 3 is 2.72 bits per heavy atom. The van der Waals surface area contributed by atoms with E-state index in [1.807, 2.05) is 13.8 Å². The molecular weight excluding hydrogens is 254 g/mol. The van der Waals surface area contributed by atoms with E-state index in [0.29, 0.717) is 10.7 Å². The Balaban J connectivity index is 2.45. The van der Waals surface area contributed by atoms with Gasteiger partial charge in [-0.15, -0.1) is 0 Å². The minimum atomic E-state index is -0.433. The van der Waals surface area contributed by atoms with Gasteiger partial charge >= 0.3 is 0 Å². The van der Waals surface area contributed by atoms with Gasteiger partial charge < -0.3 is 0 Å². The Labute approximate surface area is 109 Å². The van der Waals surface area contributed by atoms with Gasteiger partial charge in [0.15, 0.2) is 0 Å². The van der Waals surface area contributed by atoms with E-state index in [4.69, 9.17) is 11.6 Å². The molecule has 0 aliphatic carbocycles. The third kappa shape index (κ3) is 2.36. The van der Waals surface area contributed by atoms with Gasteiger partial charge in [0, 0.05) is 18.3 Å². The van der Waals surface area contributed by atoms with Crippen molar-refractivity contribution in [1.29, 1.82) is 0 Å². The average Bonchev–Trinajstić information content (AvgIpc) is 2.71. The lowest BCUT2D eigenvalue weighted by Crippen LogP contribution is -1.98. The lowest BCUT2D eigenvalue weighted by molar-refractivity contribution is -0.384. The third-order valence-corrected chi connectivity index (χ3v) is 2.84. The van der Waals surface area contributed by atoms with Crippen molar-refractivity contribution >= 4 is 17.3 Å². The van der Waals surface area contributed by atoms with Gasteiger partial charge in [0.25, 0.3) is 5.69 Å². The number of non-ortho nitro benzene ring substituents is 1. The molecule has 0 saturated carbocycles. The molecule has 1 aromatic carbocycles. The Kier molecular flexibility index (Phi) is 3.34. The highest BCUT2D eigenvalue weighted by Crippen LogP contribution is 2.25. The maximum Gasteiger partial charge on any atom is 0.271 e. The number of nitro benzene ring substituents is 1. The molecule has 0 amide bonds. The molecule has 0 aliphatic heterocycles. The maximum absolute atomic E-state index is 10.7. The van der Waals surface area contributed by atoms with Crippen LogP contribution in [0.2, 0.25) is 5.02 Å². The molecule has 0 spiro atoms. The number of nitro groups is 1. The molecule has 0 bridgehead atoms. The van der Waals surface area contributed by atoms with Crippen LogP contribution in [0, 0.1) is 10.1 Å². The summed E-state index contributed by atoms with van der Waals surface area (Å²) in [4.78, 5) is 10.3. The minimum absolute atomic E-state index is 0.0326. The van der Waals surface area contributed by atoms with E-state index in [0.717, 1.165) is 5.69 Å². The zero-order valence-corrected chi connectivity index (χ0v) is 10.8. The predicted molar refractivity (Wildman–Crippen MR) is 69.3 cm³/mol. The number of halogens is 1. The molecule has 94 valence electrons. The van der Waals surface area contributed by atoms with Crippen molar-refractivity contribution in [3.8, 4) is 5.69 Å². The molecule has 1 aromatic heterocycles. The van der Waals surface area contributed by atoms with Crippen molar-refractivity contribution in [2.45, 2.75) is 19.8 Å². The number of aromatic nitrogens is 2. The fourth-order valence-corrected chi connectivity index (χ4v) is 1.99. The monoisotopic (exact) mass is 265 g/mol. The van der Waals surface area contributed by atoms with Gasteiger partial charge in [-0.2, -0.15) is 5.10 Å². The van der Waals surface area contributed by atoms with Crippen molar-refractivity contribution < 1.29 is 4.92 Å². The summed E-state index contributed by atoms with van der Waals surface area (Å²) >= 11 is 6.07. The molecule has 0 N–H and O–H groups in total. The zero-order valence-electron chi connectivity index (χ0n) is 10.0. The van der Waals surface area contributed by atoms with Gasteiger partial charge in [-0.05, 0) is 12.0 Å². The van der Waals surface area contributed by atoms with Crippen LogP contribution in [-0.2, 0) is 0 Å². The van der Waals surface area contributed by atoms with Gasteiger partial charge in [0.1, 0.15) is 0 Å². The fourth-order valence-electron chi connectivity index (χ4n) is 1.64. The Hall–Kier alpha value is -1.88. The molecule has 2 rings (SSSR count). The van der Waals surface area contributed by atoms with E-state index in [1.54, 1.807) is 23.0 Å². The number of rotatable bonds is 3. The van der Waals surface area contributed by atoms with Gasteiger partial charge in [-0.3, -0.25) is 10.1 Å². The van der Waals surface area contributed by atoms with Crippen LogP contribution in [0.4, 0.5) is 5.69 Å². The first-order valence-corrected chi connectivity index (χ1v) is 5.86. The highest BCUT2D eigenvalue weighted by atomic mass is 35.5. The standard InChI is InChI=1S/C12H12ClN3O2/c1-8(2)12-11(13)7-15(14-12)9-4-3-5-10(6-9)16(17)18/h3-8H,1-2H3. The molecular formula is C12H12ClN3O2. The van der Waals surface area contributed by atoms with Gasteiger partial charge in [-0.1, -0.05) is 31.5 Å². The molecule has 0 unspecified atom stereocenters. The average molecular weight is 266 g/mol. The second kappa shape index (κ2) is 4.78. The van der Waals surface area contributed by atoms with E-state index in [-0.39, 0.29) is 11.6 Å². The topological polar surface area (TPSA) is 61.0 Å². The largest absolute Gasteiger partial charge is 0.271 e. The molecule has 0 saturated heterocycles. The molecule has 1 heterocycles. The maximum atomic E-state index is 10.7. The highest BCUT2D eigenvalue weighted by Gasteiger charge is 2.13. The SMILES string of the molecule is CC(C)c1nn(-c2cccc([N+](=O)[O-])c2)cc1Cl. The van der Waals surface area contributed by atoms with Crippen molar-refractivity contribution in [2.24, 2.45) is 0 Å². The summed E-state index contributed by atoms with van der Waals surface area (Å²) in [6.07, 6.45) is 1.66. The quantitative estimate of drug-likeness (QED) is 0.630. The van der Waals surface area contributed by atoms with Crippen molar-refractivity contribution in [2.75, 3.05) is 0 Å². The zero-order chi connectivity index (χ0) is 13.3. The lowest BCUT2D eigenvalue weighted by atomic mass is 10.1. The second-order valence-corrected chi connectivity index (χ2v) is 4.65. The third-order valence-electron chi connectivity index (χ3n) is 2.55. The van der Waals surface area contributed by atoms with Gasteiger partial charge in [-0.25, -0.2) is 4.68 Å². The normalized spacial score (nSPS) is 10.9. The molecule has 6 heteroatoms. The Morgan fingerprint density at radius 2 is 2.17 bits per heavy atom. The molecule has 0 atom stereocenters. The molecule has 0 fully saturated rings. The van der Waals surface area contributed by atoms with Crippen LogP contribution in [0.1, 0.15) is 25.5 Å². The van der Waals surface area contributed by atoms with E-state index < -0.39 is 4.92 Å². The van der Waals surface area contributed by atoms with Crippen LogP contribution >= 0.6 is 11.6 Å². The summed E-state index contributed by atoms with van der Waals surface area (Å²) in [6, 6.07) is 6.28. The summed E-state index contributed by atoms with van der Waals surface area (Å²) in [5, 5.41) is 15.6. The number of hydrogen-bond donors (Lipinski definition) is 0. The molecule has 0 aliphatic rings. The summed E-state index contributed by atoms with van der Waals surface area (Å²) in [5.41, 5.74) is 1.44. The van der Waals surface area contributed by atoms with Crippen LogP contribution in [0.25, 0.3) is 5.69 Å². The summed E-state index contributed by atoms with van der Waals surface area (Å²) in [7, 11) is 0. The molecule has 5 nitrogen and oxygen atoms in total. The summed E-state index contributed by atoms with van der Waals surface area (Å²) in [6.45, 7) is 3.98. The van der Waals surface area contributed by atoms with Gasteiger partial charge in [0.05, 0.1) is 21.3 Å². The van der Waals surface area contributed by atoms with Gasteiger partial charge in [0.2, 0.25) is 0 Å². The summed E-state index contributed by atoms with van der Waals surface area (Å²) in [5.74, 6) is 0.206. The van der Waals surface area contributed by atoms with Crippen LogP contribution < -0.4 is 0 Å². The molecule has 2 aromatic rings. The fraction of sp³-hybridized carbons (Fsp3) is 0.250. The molecule has 18 heavy (non-hydrogen) atoms. The van der Waals surface area contributed by atoms with E-state index in [2.05, 4.69) is 5.10 Å². The first-order valence-electron chi connectivity index (χ1n) is 5.49. The summed E-state index contributed by atoms with van der Waals surface area (Å²) < 4.78 is 1.56. The van der Waals surface area contributed by atoms with Crippen molar-refractivity contribution in [3.63, 3.8) is 0 Å². The van der Waals surface area contributed by atoms with Crippen LogP contribution in [0.5, 0.6) is 0 Å². The smallest absolute Gasteiger partial charge is 0.258 e. The van der Waals surface area contributed by atoms with Crippen molar-refractivity contribution in [1.82, 2.24) is 9.78 Å². The van der Waals surface area contributed by atoms with E-state index >= 15 is 0 Å². The van der Waals surface area contributed by atoms with E-state index in [9.17, 15) is 10.1 Å². The van der Waals surface area contributed by atoms with Crippen LogP contribution in [0.3, 0.4) is 0 Å². The minimum Gasteiger partial charge on any atom is -0.258 e. The number of benzene rings is 1. The van der Waals surface area contributed by atoms with Crippen LogP contribution in [-0.4, -0.2) is 14.7 Å². The predicted octanol–water partition coefficient (Wildman–Crippen LogP) is 3.56. The first kappa shape index (κ1) is 12.6. The number of nitrogens with zero attached hydrogens (tertiary/aromatic N) is 3. The van der Waals surface area contributed by atoms with Crippen molar-refractivity contribution in [3.05, 3.63) is 51.3 Å². The number of hydrogen-bond acceptors (Lipinski definition) is 3.